The highest BCUT2D eigenvalue weighted by Gasteiger charge is 2.11. The van der Waals surface area contributed by atoms with Crippen LogP contribution in [-0.4, -0.2) is 24.1 Å². The molecule has 26 heavy (non-hydrogen) atoms. The van der Waals surface area contributed by atoms with E-state index in [2.05, 4.69) is 5.32 Å². The second kappa shape index (κ2) is 9.59. The van der Waals surface area contributed by atoms with E-state index in [9.17, 15) is 14.0 Å². The topological polar surface area (TPSA) is 55.4 Å². The van der Waals surface area contributed by atoms with Crippen LogP contribution in [0, 0.1) is 5.82 Å². The van der Waals surface area contributed by atoms with Gasteiger partial charge in [0.2, 0.25) is 5.91 Å². The second-order valence-electron chi connectivity index (χ2n) is 5.48. The highest BCUT2D eigenvalue weighted by atomic mass is 35.5. The Morgan fingerprint density at radius 1 is 1.23 bits per heavy atom. The van der Waals surface area contributed by atoms with Crippen LogP contribution >= 0.6 is 23.4 Å². The maximum absolute atomic E-state index is 13.0. The van der Waals surface area contributed by atoms with Gasteiger partial charge in [0, 0.05) is 16.9 Å². The molecule has 138 valence electrons. The Morgan fingerprint density at radius 2 is 2.00 bits per heavy atom. The van der Waals surface area contributed by atoms with E-state index in [4.69, 9.17) is 16.3 Å². The van der Waals surface area contributed by atoms with Gasteiger partial charge in [0.25, 0.3) is 0 Å². The largest absolute Gasteiger partial charge is 0.494 e. The predicted molar refractivity (Wildman–Crippen MR) is 104 cm³/mol. The quantitative estimate of drug-likeness (QED) is 0.642. The van der Waals surface area contributed by atoms with Gasteiger partial charge in [0.1, 0.15) is 11.6 Å². The zero-order valence-corrected chi connectivity index (χ0v) is 16.0. The normalized spacial score (nSPS) is 10.5. The second-order valence-corrected chi connectivity index (χ2v) is 6.87. The van der Waals surface area contributed by atoms with Gasteiger partial charge >= 0.3 is 0 Å². The number of hydrogen-bond acceptors (Lipinski definition) is 4. The maximum atomic E-state index is 13.0. The van der Waals surface area contributed by atoms with E-state index < -0.39 is 5.82 Å². The molecule has 0 fully saturated rings. The number of carbonyl (C=O) groups is 2. The van der Waals surface area contributed by atoms with Crippen LogP contribution in [0.2, 0.25) is 5.02 Å². The third kappa shape index (κ3) is 5.75. The number of halogens is 2. The van der Waals surface area contributed by atoms with Crippen LogP contribution in [-0.2, 0) is 10.5 Å². The molecule has 0 aromatic heterocycles. The molecule has 4 nitrogen and oxygen atoms in total. The van der Waals surface area contributed by atoms with Gasteiger partial charge in [-0.25, -0.2) is 4.39 Å². The van der Waals surface area contributed by atoms with Crippen molar-refractivity contribution in [2.75, 3.05) is 17.7 Å². The molecule has 0 saturated heterocycles. The van der Waals surface area contributed by atoms with Crippen molar-refractivity contribution >= 4 is 40.7 Å². The molecular formula is C19H19ClFNO3S. The monoisotopic (exact) mass is 395 g/mol. The van der Waals surface area contributed by atoms with Crippen LogP contribution in [0.1, 0.15) is 29.8 Å². The van der Waals surface area contributed by atoms with Gasteiger partial charge in [-0.1, -0.05) is 11.6 Å². The molecule has 0 aliphatic heterocycles. The van der Waals surface area contributed by atoms with Crippen molar-refractivity contribution in [1.82, 2.24) is 0 Å². The number of thioether (sulfide) groups is 1. The number of anilines is 1. The van der Waals surface area contributed by atoms with Gasteiger partial charge in [-0.05, 0) is 50.2 Å². The van der Waals surface area contributed by atoms with Gasteiger partial charge in [0.15, 0.2) is 5.78 Å². The van der Waals surface area contributed by atoms with Gasteiger partial charge in [-0.15, -0.1) is 11.8 Å². The molecule has 7 heteroatoms. The predicted octanol–water partition coefficient (Wildman–Crippen LogP) is 4.95. The van der Waals surface area contributed by atoms with Crippen LogP contribution < -0.4 is 10.1 Å². The van der Waals surface area contributed by atoms with Crippen molar-refractivity contribution in [2.45, 2.75) is 19.6 Å². The van der Waals surface area contributed by atoms with Gasteiger partial charge < -0.3 is 10.1 Å². The number of Topliss-reactive ketones (excluding diaryl/α,β-unsaturated/α-hetero) is 1. The molecule has 0 aliphatic carbocycles. The third-order valence-electron chi connectivity index (χ3n) is 3.46. The molecule has 0 heterocycles. The standard InChI is InChI=1S/C19H19ClFNO3S/c1-3-25-18-7-4-13(12(2)23)8-14(18)10-26-11-19(24)22-17-6-5-15(21)9-16(17)20/h4-9H,3,10-11H2,1-2H3,(H,22,24). The summed E-state index contributed by atoms with van der Waals surface area (Å²) in [6.45, 7) is 3.91. The minimum absolute atomic E-state index is 0.0250. The molecule has 2 rings (SSSR count). The highest BCUT2D eigenvalue weighted by Crippen LogP contribution is 2.26. The summed E-state index contributed by atoms with van der Waals surface area (Å²) in [5.74, 6) is 0.667. The summed E-state index contributed by atoms with van der Waals surface area (Å²) in [5, 5.41) is 2.80. The summed E-state index contributed by atoms with van der Waals surface area (Å²) in [4.78, 5) is 23.6. The fraction of sp³-hybridized carbons (Fsp3) is 0.263. The van der Waals surface area contributed by atoms with Crippen LogP contribution in [0.3, 0.4) is 0 Å². The minimum atomic E-state index is -0.462. The van der Waals surface area contributed by atoms with Crippen LogP contribution in [0.15, 0.2) is 36.4 Å². The van der Waals surface area contributed by atoms with Crippen LogP contribution in [0.4, 0.5) is 10.1 Å². The average Bonchev–Trinajstić information content (AvgIpc) is 2.59. The van der Waals surface area contributed by atoms with Crippen molar-refractivity contribution in [1.29, 1.82) is 0 Å². The summed E-state index contributed by atoms with van der Waals surface area (Å²) >= 11 is 7.28. The number of nitrogens with one attached hydrogen (secondary N) is 1. The Hall–Kier alpha value is -2.05. The number of carbonyl (C=O) groups excluding carboxylic acids is 2. The van der Waals surface area contributed by atoms with Crippen molar-refractivity contribution < 1.29 is 18.7 Å². The van der Waals surface area contributed by atoms with Crippen LogP contribution in [0.5, 0.6) is 5.75 Å². The van der Waals surface area contributed by atoms with Gasteiger partial charge in [-0.3, -0.25) is 9.59 Å². The first-order valence-electron chi connectivity index (χ1n) is 8.00. The molecule has 1 N–H and O–H groups in total. The molecule has 2 aromatic rings. The SMILES string of the molecule is CCOc1ccc(C(C)=O)cc1CSCC(=O)Nc1ccc(F)cc1Cl. The minimum Gasteiger partial charge on any atom is -0.494 e. The average molecular weight is 396 g/mol. The Bertz CT molecular complexity index is 813. The summed E-state index contributed by atoms with van der Waals surface area (Å²) in [5.41, 5.74) is 1.83. The first-order valence-corrected chi connectivity index (χ1v) is 9.53. The molecule has 0 spiro atoms. The first-order chi connectivity index (χ1) is 12.4. The molecule has 0 saturated carbocycles. The lowest BCUT2D eigenvalue weighted by Crippen LogP contribution is -2.14. The number of hydrogen-bond donors (Lipinski definition) is 1. The zero-order valence-electron chi connectivity index (χ0n) is 14.5. The molecule has 0 bridgehead atoms. The summed E-state index contributed by atoms with van der Waals surface area (Å²) in [7, 11) is 0. The number of benzene rings is 2. The Balaban J connectivity index is 1.96. The first kappa shape index (κ1) is 20.3. The third-order valence-corrected chi connectivity index (χ3v) is 4.76. The summed E-state index contributed by atoms with van der Waals surface area (Å²) < 4.78 is 18.6. The summed E-state index contributed by atoms with van der Waals surface area (Å²) in [6, 6.07) is 9.08. The zero-order chi connectivity index (χ0) is 19.1. The van der Waals surface area contributed by atoms with E-state index in [0.29, 0.717) is 29.4 Å². The lowest BCUT2D eigenvalue weighted by Gasteiger charge is -2.12. The molecule has 0 atom stereocenters. The van der Waals surface area contributed by atoms with Gasteiger partial charge in [0.05, 0.1) is 23.1 Å². The van der Waals surface area contributed by atoms with Crippen molar-refractivity contribution in [3.8, 4) is 5.75 Å². The van der Waals surface area contributed by atoms with Gasteiger partial charge in [-0.2, -0.15) is 0 Å². The fourth-order valence-corrected chi connectivity index (χ4v) is 3.26. The van der Waals surface area contributed by atoms with E-state index in [-0.39, 0.29) is 22.5 Å². The molecule has 0 unspecified atom stereocenters. The maximum Gasteiger partial charge on any atom is 0.234 e. The fourth-order valence-electron chi connectivity index (χ4n) is 2.24. The van der Waals surface area contributed by atoms with E-state index in [0.717, 1.165) is 11.6 Å². The summed E-state index contributed by atoms with van der Waals surface area (Å²) in [6.07, 6.45) is 0. The molecule has 0 aliphatic rings. The van der Waals surface area contributed by atoms with Crippen molar-refractivity contribution in [3.05, 3.63) is 58.4 Å². The Labute approximate surface area is 161 Å². The number of rotatable bonds is 8. The Morgan fingerprint density at radius 3 is 2.65 bits per heavy atom. The molecular weight excluding hydrogens is 377 g/mol. The van der Waals surface area contributed by atoms with Crippen molar-refractivity contribution in [3.63, 3.8) is 0 Å². The van der Waals surface area contributed by atoms with E-state index in [1.165, 1.54) is 30.8 Å². The van der Waals surface area contributed by atoms with E-state index >= 15 is 0 Å². The number of amides is 1. The molecule has 0 radical (unpaired) electrons. The number of ketones is 1. The Kier molecular flexibility index (Phi) is 7.48. The highest BCUT2D eigenvalue weighted by molar-refractivity contribution is 7.99. The van der Waals surface area contributed by atoms with E-state index in [1.807, 2.05) is 6.92 Å². The molecule has 1 amide bonds. The number of ether oxygens (including phenoxy) is 1. The van der Waals surface area contributed by atoms with Crippen molar-refractivity contribution in [2.24, 2.45) is 0 Å². The smallest absolute Gasteiger partial charge is 0.234 e. The lowest BCUT2D eigenvalue weighted by atomic mass is 10.1. The lowest BCUT2D eigenvalue weighted by molar-refractivity contribution is -0.113. The molecule has 2 aromatic carbocycles. The van der Waals surface area contributed by atoms with Crippen LogP contribution in [0.25, 0.3) is 0 Å². The van der Waals surface area contributed by atoms with E-state index in [1.54, 1.807) is 18.2 Å².